The van der Waals surface area contributed by atoms with Gasteiger partial charge in [-0.15, -0.1) is 0 Å². The lowest BCUT2D eigenvalue weighted by molar-refractivity contribution is 0.591. The van der Waals surface area contributed by atoms with Crippen LogP contribution >= 0.6 is 0 Å². The third-order valence-corrected chi connectivity index (χ3v) is 5.00. The second kappa shape index (κ2) is 4.96. The van der Waals surface area contributed by atoms with Crippen molar-refractivity contribution in [3.05, 3.63) is 42.1 Å². The smallest absolute Gasteiger partial charge is 0.247 e. The predicted octanol–water partition coefficient (Wildman–Crippen LogP) is 2.99. The van der Waals surface area contributed by atoms with Crippen LogP contribution in [0.4, 0.5) is 0 Å². The van der Waals surface area contributed by atoms with Crippen molar-refractivity contribution in [2.45, 2.75) is 18.7 Å². The Labute approximate surface area is 122 Å². The third kappa shape index (κ3) is 2.42. The summed E-state index contributed by atoms with van der Waals surface area (Å²) in [5.74, 6) is 0.303. The molecule has 21 heavy (non-hydrogen) atoms. The zero-order chi connectivity index (χ0) is 15.0. The van der Waals surface area contributed by atoms with Crippen molar-refractivity contribution in [2.75, 3.05) is 5.75 Å². The average Bonchev–Trinajstić information content (AvgIpc) is 2.90. The van der Waals surface area contributed by atoms with Crippen LogP contribution in [0.3, 0.4) is 0 Å². The zero-order valence-corrected chi connectivity index (χ0v) is 12.5. The van der Waals surface area contributed by atoms with Gasteiger partial charge in [-0.1, -0.05) is 19.1 Å². The van der Waals surface area contributed by atoms with E-state index < -0.39 is 9.84 Å². The first-order chi connectivity index (χ1) is 10.0. The lowest BCUT2D eigenvalue weighted by Gasteiger charge is -2.05. The fraction of sp³-hybridized carbons (Fsp3) is 0.200. The fourth-order valence-corrected chi connectivity index (χ4v) is 3.20. The van der Waals surface area contributed by atoms with E-state index in [1.165, 1.54) is 0 Å². The maximum absolute atomic E-state index is 12.2. The molecule has 5 nitrogen and oxygen atoms in total. The zero-order valence-electron chi connectivity index (χ0n) is 11.7. The summed E-state index contributed by atoms with van der Waals surface area (Å²) in [6.07, 6.45) is 1.69. The molecule has 0 spiro atoms. The molecule has 0 aliphatic carbocycles. The van der Waals surface area contributed by atoms with Crippen molar-refractivity contribution in [1.82, 2.24) is 9.97 Å². The van der Waals surface area contributed by atoms with Crippen LogP contribution in [-0.4, -0.2) is 24.1 Å². The Hall–Kier alpha value is -2.21. The molecule has 0 aliphatic heterocycles. The highest BCUT2D eigenvalue weighted by molar-refractivity contribution is 7.91. The highest BCUT2D eigenvalue weighted by atomic mass is 32.2. The molecular formula is C15H14N2O3S. The van der Waals surface area contributed by atoms with Gasteiger partial charge in [-0.3, -0.25) is 0 Å². The lowest BCUT2D eigenvalue weighted by atomic mass is 10.2. The Morgan fingerprint density at radius 2 is 2.00 bits per heavy atom. The number of pyridine rings is 1. The molecule has 1 aromatic carbocycles. The maximum Gasteiger partial charge on any atom is 0.247 e. The molecule has 0 aliphatic rings. The van der Waals surface area contributed by atoms with Crippen LogP contribution in [0.15, 0.2) is 45.8 Å². The minimum Gasteiger partial charge on any atom is -0.418 e. The first kappa shape index (κ1) is 13.8. The quantitative estimate of drug-likeness (QED) is 0.743. The molecule has 0 bridgehead atoms. The SMILES string of the molecule is CCS(=O)(=O)c1ccccc1-c1nc2cc(C)cnc2o1. The van der Waals surface area contributed by atoms with Gasteiger partial charge >= 0.3 is 0 Å². The fourth-order valence-electron chi connectivity index (χ4n) is 2.11. The van der Waals surface area contributed by atoms with Crippen molar-refractivity contribution in [2.24, 2.45) is 0 Å². The highest BCUT2D eigenvalue weighted by Gasteiger charge is 2.20. The van der Waals surface area contributed by atoms with Gasteiger partial charge in [-0.2, -0.15) is 0 Å². The topological polar surface area (TPSA) is 73.1 Å². The van der Waals surface area contributed by atoms with Gasteiger partial charge in [0.05, 0.1) is 16.2 Å². The van der Waals surface area contributed by atoms with E-state index in [1.807, 2.05) is 13.0 Å². The van der Waals surface area contributed by atoms with Crippen LogP contribution in [-0.2, 0) is 9.84 Å². The maximum atomic E-state index is 12.2. The molecule has 3 aromatic rings. The Kier molecular flexibility index (Phi) is 3.25. The average molecular weight is 302 g/mol. The van der Waals surface area contributed by atoms with Crippen LogP contribution in [0.5, 0.6) is 0 Å². The monoisotopic (exact) mass is 302 g/mol. The summed E-state index contributed by atoms with van der Waals surface area (Å²) in [5, 5.41) is 0. The van der Waals surface area contributed by atoms with Gasteiger partial charge in [-0.05, 0) is 30.7 Å². The summed E-state index contributed by atoms with van der Waals surface area (Å²) in [4.78, 5) is 8.75. The summed E-state index contributed by atoms with van der Waals surface area (Å²) >= 11 is 0. The van der Waals surface area contributed by atoms with Gasteiger partial charge in [-0.25, -0.2) is 18.4 Å². The Balaban J connectivity index is 2.24. The normalized spacial score (nSPS) is 11.9. The molecule has 0 fully saturated rings. The summed E-state index contributed by atoms with van der Waals surface area (Å²) < 4.78 is 30.0. The standard InChI is InChI=1S/C15H14N2O3S/c1-3-21(18,19)13-7-5-4-6-11(13)14-17-12-8-10(2)9-16-15(12)20-14/h4-9H,3H2,1-2H3. The number of aryl methyl sites for hydroxylation is 1. The lowest BCUT2D eigenvalue weighted by Crippen LogP contribution is -2.05. The summed E-state index contributed by atoms with van der Waals surface area (Å²) in [6.45, 7) is 3.53. The molecule has 0 radical (unpaired) electrons. The molecule has 6 heteroatoms. The Morgan fingerprint density at radius 1 is 1.24 bits per heavy atom. The van der Waals surface area contributed by atoms with Crippen molar-refractivity contribution < 1.29 is 12.8 Å². The predicted molar refractivity (Wildman–Crippen MR) is 79.7 cm³/mol. The number of sulfone groups is 1. The Morgan fingerprint density at radius 3 is 2.76 bits per heavy atom. The number of fused-ring (bicyclic) bond motifs is 1. The number of oxazole rings is 1. The van der Waals surface area contributed by atoms with Crippen molar-refractivity contribution >= 4 is 21.1 Å². The first-order valence-electron chi connectivity index (χ1n) is 6.56. The molecule has 0 N–H and O–H groups in total. The van der Waals surface area contributed by atoms with E-state index in [-0.39, 0.29) is 16.5 Å². The van der Waals surface area contributed by atoms with E-state index in [9.17, 15) is 8.42 Å². The van der Waals surface area contributed by atoms with Crippen LogP contribution in [0.2, 0.25) is 0 Å². The number of rotatable bonds is 3. The number of benzene rings is 1. The minimum atomic E-state index is -3.34. The molecule has 0 amide bonds. The van der Waals surface area contributed by atoms with E-state index in [2.05, 4.69) is 9.97 Å². The number of hydrogen-bond donors (Lipinski definition) is 0. The molecule has 2 aromatic heterocycles. The van der Waals surface area contributed by atoms with E-state index in [0.717, 1.165) is 5.56 Å². The van der Waals surface area contributed by atoms with Gasteiger partial charge < -0.3 is 4.42 Å². The van der Waals surface area contributed by atoms with Crippen LogP contribution < -0.4 is 0 Å². The molecule has 0 saturated heterocycles. The summed E-state index contributed by atoms with van der Waals surface area (Å²) in [7, 11) is -3.34. The van der Waals surface area contributed by atoms with E-state index >= 15 is 0 Å². The Bertz CT molecular complexity index is 914. The van der Waals surface area contributed by atoms with Crippen molar-refractivity contribution in [3.63, 3.8) is 0 Å². The van der Waals surface area contributed by atoms with Crippen molar-refractivity contribution in [1.29, 1.82) is 0 Å². The van der Waals surface area contributed by atoms with Gasteiger partial charge in [0.25, 0.3) is 0 Å². The van der Waals surface area contributed by atoms with E-state index in [4.69, 9.17) is 4.42 Å². The van der Waals surface area contributed by atoms with Crippen LogP contribution in [0.1, 0.15) is 12.5 Å². The molecule has 0 unspecified atom stereocenters. The highest BCUT2D eigenvalue weighted by Crippen LogP contribution is 2.29. The largest absolute Gasteiger partial charge is 0.418 e. The van der Waals surface area contributed by atoms with E-state index in [1.54, 1.807) is 37.4 Å². The molecule has 0 saturated carbocycles. The molecule has 108 valence electrons. The van der Waals surface area contributed by atoms with Crippen molar-refractivity contribution in [3.8, 4) is 11.5 Å². The second-order valence-electron chi connectivity index (χ2n) is 4.76. The number of nitrogens with zero attached hydrogens (tertiary/aromatic N) is 2. The number of hydrogen-bond acceptors (Lipinski definition) is 5. The van der Waals surface area contributed by atoms with Gasteiger partial charge in [0.1, 0.15) is 5.52 Å². The van der Waals surface area contributed by atoms with E-state index in [0.29, 0.717) is 16.8 Å². The van der Waals surface area contributed by atoms with Gasteiger partial charge in [0, 0.05) is 6.20 Å². The minimum absolute atomic E-state index is 0.0294. The first-order valence-corrected chi connectivity index (χ1v) is 8.22. The third-order valence-electron chi connectivity index (χ3n) is 3.22. The molecule has 0 atom stereocenters. The van der Waals surface area contributed by atoms with Gasteiger partial charge in [0.15, 0.2) is 9.84 Å². The molecule has 2 heterocycles. The molecular weight excluding hydrogens is 288 g/mol. The van der Waals surface area contributed by atoms with Gasteiger partial charge in [0.2, 0.25) is 11.6 Å². The van der Waals surface area contributed by atoms with Crippen LogP contribution in [0.25, 0.3) is 22.7 Å². The van der Waals surface area contributed by atoms with Crippen LogP contribution in [0, 0.1) is 6.92 Å². The number of aromatic nitrogens is 2. The molecule has 3 rings (SSSR count). The second-order valence-corrected chi connectivity index (χ2v) is 7.00. The summed E-state index contributed by atoms with van der Waals surface area (Å²) in [5.41, 5.74) is 2.46. The summed E-state index contributed by atoms with van der Waals surface area (Å²) in [6, 6.07) is 8.57.